The van der Waals surface area contributed by atoms with E-state index in [1.165, 1.54) is 6.20 Å². The molecule has 1 aromatic rings. The van der Waals surface area contributed by atoms with E-state index in [4.69, 9.17) is 4.74 Å². The summed E-state index contributed by atoms with van der Waals surface area (Å²) >= 11 is 0. The van der Waals surface area contributed by atoms with Gasteiger partial charge in [0.2, 0.25) is 5.88 Å². The Hall–Kier alpha value is -1.84. The second-order valence-electron chi connectivity index (χ2n) is 6.60. The van der Waals surface area contributed by atoms with Gasteiger partial charge in [0, 0.05) is 53.2 Å². The number of aliphatic imine (C=N–C) groups is 1. The quantitative estimate of drug-likeness (QED) is 0.524. The fourth-order valence-corrected chi connectivity index (χ4v) is 4.50. The van der Waals surface area contributed by atoms with Gasteiger partial charge in [0.1, 0.15) is 0 Å². The van der Waals surface area contributed by atoms with Crippen LogP contribution in [0.1, 0.15) is 38.2 Å². The van der Waals surface area contributed by atoms with Crippen molar-refractivity contribution in [2.75, 3.05) is 19.4 Å². The Morgan fingerprint density at radius 3 is 2.89 bits per heavy atom. The molecule has 158 valence electrons. The predicted molar refractivity (Wildman–Crippen MR) is 104 cm³/mol. The molecule has 1 saturated carbocycles. The molecule has 1 aliphatic rings. The van der Waals surface area contributed by atoms with E-state index in [0.29, 0.717) is 17.3 Å². The summed E-state index contributed by atoms with van der Waals surface area (Å²) in [5, 5.41) is 6.60. The first kappa shape index (κ1) is 22.4. The molecule has 2 N–H and O–H groups in total. The summed E-state index contributed by atoms with van der Waals surface area (Å²) in [4.78, 5) is 8.06. The fourth-order valence-electron chi connectivity index (χ4n) is 3.16. The maximum atomic E-state index is 12.4. The minimum atomic E-state index is -4.42. The fraction of sp³-hybridized carbons (Fsp3) is 0.667. The number of nitrogens with zero attached hydrogens (tertiary/aromatic N) is 2. The van der Waals surface area contributed by atoms with Crippen LogP contribution < -0.4 is 15.4 Å². The Labute approximate surface area is 165 Å². The summed E-state index contributed by atoms with van der Waals surface area (Å²) in [7, 11) is 0.815. The standard InChI is InChI=1S/C18H27F3N4O2S/c1-3-28(26)15-8-4-7-14(10-15)25-17(22-2)24-11-13-6-5-9-23-16(13)27-12-18(19,20)21/h5-6,9,14-15H,3-4,7-8,10-12H2,1-2H3,(H2,22,24,25). The van der Waals surface area contributed by atoms with Crippen molar-refractivity contribution in [3.63, 3.8) is 0 Å². The number of guanidine groups is 1. The van der Waals surface area contributed by atoms with Crippen molar-refractivity contribution in [3.8, 4) is 5.88 Å². The number of aromatic nitrogens is 1. The van der Waals surface area contributed by atoms with E-state index in [2.05, 4.69) is 20.6 Å². The molecule has 0 amide bonds. The molecule has 28 heavy (non-hydrogen) atoms. The molecule has 0 radical (unpaired) electrons. The van der Waals surface area contributed by atoms with Crippen molar-refractivity contribution < 1.29 is 22.1 Å². The third-order valence-electron chi connectivity index (χ3n) is 4.52. The molecule has 0 aromatic carbocycles. The molecule has 0 aliphatic heterocycles. The summed E-state index contributed by atoms with van der Waals surface area (Å²) in [6.07, 6.45) is 0.719. The van der Waals surface area contributed by atoms with Crippen LogP contribution in [0.2, 0.25) is 0 Å². The van der Waals surface area contributed by atoms with Crippen LogP contribution in [0, 0.1) is 0 Å². The third-order valence-corrected chi connectivity index (χ3v) is 6.26. The number of alkyl halides is 3. The molecule has 0 spiro atoms. The molecule has 2 rings (SSSR count). The molecule has 1 aromatic heterocycles. The molecular weight excluding hydrogens is 393 g/mol. The summed E-state index contributed by atoms with van der Waals surface area (Å²) < 4.78 is 54.1. The average Bonchev–Trinajstić information content (AvgIpc) is 2.69. The van der Waals surface area contributed by atoms with Gasteiger partial charge in [0.05, 0.1) is 0 Å². The number of hydrogen-bond donors (Lipinski definition) is 2. The highest BCUT2D eigenvalue weighted by Crippen LogP contribution is 2.23. The summed E-state index contributed by atoms with van der Waals surface area (Å²) in [5.41, 5.74) is 0.503. The molecule has 1 fully saturated rings. The van der Waals surface area contributed by atoms with Crippen LogP contribution in [0.25, 0.3) is 0 Å². The Morgan fingerprint density at radius 2 is 2.21 bits per heavy atom. The van der Waals surface area contributed by atoms with E-state index in [9.17, 15) is 17.4 Å². The minimum absolute atomic E-state index is 0.0566. The van der Waals surface area contributed by atoms with E-state index in [1.807, 2.05) is 6.92 Å². The molecule has 3 unspecified atom stereocenters. The van der Waals surface area contributed by atoms with Crippen LogP contribution in [0.15, 0.2) is 23.3 Å². The van der Waals surface area contributed by atoms with Gasteiger partial charge in [-0.3, -0.25) is 9.20 Å². The van der Waals surface area contributed by atoms with E-state index in [-0.39, 0.29) is 23.7 Å². The maximum absolute atomic E-state index is 12.4. The summed E-state index contributed by atoms with van der Waals surface area (Å²) in [6, 6.07) is 3.45. The largest absolute Gasteiger partial charge is 0.468 e. The van der Waals surface area contributed by atoms with Gasteiger partial charge in [-0.25, -0.2) is 4.98 Å². The molecular formula is C18H27F3N4O2S. The lowest BCUT2D eigenvalue weighted by Gasteiger charge is -2.30. The molecule has 6 nitrogen and oxygen atoms in total. The lowest BCUT2D eigenvalue weighted by atomic mass is 9.95. The monoisotopic (exact) mass is 420 g/mol. The Bertz CT molecular complexity index is 685. The average molecular weight is 421 g/mol. The maximum Gasteiger partial charge on any atom is 0.422 e. The summed E-state index contributed by atoms with van der Waals surface area (Å²) in [5.74, 6) is 1.14. The normalized spacial score (nSPS) is 21.8. The van der Waals surface area contributed by atoms with E-state index in [0.717, 1.165) is 25.7 Å². The zero-order valence-corrected chi connectivity index (χ0v) is 16.9. The number of rotatable bonds is 7. The van der Waals surface area contributed by atoms with Crippen molar-refractivity contribution in [1.82, 2.24) is 15.6 Å². The Balaban J connectivity index is 1.91. The first-order chi connectivity index (χ1) is 13.3. The van der Waals surface area contributed by atoms with Gasteiger partial charge >= 0.3 is 6.18 Å². The number of halogens is 3. The molecule has 10 heteroatoms. The first-order valence-corrected chi connectivity index (χ1v) is 10.7. The number of ether oxygens (including phenoxy) is 1. The van der Waals surface area contributed by atoms with Gasteiger partial charge in [0.15, 0.2) is 12.6 Å². The topological polar surface area (TPSA) is 75.6 Å². The highest BCUT2D eigenvalue weighted by molar-refractivity contribution is 7.85. The van der Waals surface area contributed by atoms with Gasteiger partial charge in [-0.15, -0.1) is 0 Å². The minimum Gasteiger partial charge on any atom is -0.468 e. The molecule has 3 atom stereocenters. The van der Waals surface area contributed by atoms with Crippen molar-refractivity contribution in [2.45, 2.75) is 56.6 Å². The number of pyridine rings is 1. The molecule has 1 heterocycles. The number of nitrogens with one attached hydrogen (secondary N) is 2. The third kappa shape index (κ3) is 7.29. The van der Waals surface area contributed by atoms with Crippen molar-refractivity contribution in [2.24, 2.45) is 4.99 Å². The molecule has 0 bridgehead atoms. The zero-order valence-electron chi connectivity index (χ0n) is 16.1. The van der Waals surface area contributed by atoms with Crippen molar-refractivity contribution >= 4 is 16.8 Å². The van der Waals surface area contributed by atoms with Crippen LogP contribution >= 0.6 is 0 Å². The Kier molecular flexibility index (Phi) is 8.53. The lowest BCUT2D eigenvalue weighted by Crippen LogP contribution is -2.46. The zero-order chi connectivity index (χ0) is 20.6. The second kappa shape index (κ2) is 10.6. The molecule has 1 aliphatic carbocycles. The van der Waals surface area contributed by atoms with E-state index >= 15 is 0 Å². The smallest absolute Gasteiger partial charge is 0.422 e. The lowest BCUT2D eigenvalue weighted by molar-refractivity contribution is -0.154. The summed E-state index contributed by atoms with van der Waals surface area (Å²) in [6.45, 7) is 0.764. The van der Waals surface area contributed by atoms with Crippen LogP contribution in [0.5, 0.6) is 5.88 Å². The number of hydrogen-bond acceptors (Lipinski definition) is 4. The Morgan fingerprint density at radius 1 is 1.43 bits per heavy atom. The molecule has 0 saturated heterocycles. The van der Waals surface area contributed by atoms with Crippen molar-refractivity contribution in [1.29, 1.82) is 0 Å². The van der Waals surface area contributed by atoms with E-state index in [1.54, 1.807) is 19.2 Å². The van der Waals surface area contributed by atoms with Gasteiger partial charge in [-0.1, -0.05) is 19.4 Å². The van der Waals surface area contributed by atoms with Crippen molar-refractivity contribution in [3.05, 3.63) is 23.9 Å². The van der Waals surface area contributed by atoms with Gasteiger partial charge < -0.3 is 15.4 Å². The van der Waals surface area contributed by atoms with Crippen LogP contribution in [0.3, 0.4) is 0 Å². The predicted octanol–water partition coefficient (Wildman–Crippen LogP) is 2.77. The van der Waals surface area contributed by atoms with E-state index < -0.39 is 23.6 Å². The van der Waals surface area contributed by atoms with Gasteiger partial charge in [0.25, 0.3) is 0 Å². The van der Waals surface area contributed by atoms with Gasteiger partial charge in [-0.2, -0.15) is 13.2 Å². The van der Waals surface area contributed by atoms with Gasteiger partial charge in [-0.05, 0) is 25.3 Å². The SMILES string of the molecule is CCS(=O)C1CCCC(NC(=NC)NCc2cccnc2OCC(F)(F)F)C1. The highest BCUT2D eigenvalue weighted by atomic mass is 32.2. The van der Waals surface area contributed by atoms with Crippen LogP contribution in [-0.2, 0) is 17.3 Å². The first-order valence-electron chi connectivity index (χ1n) is 9.30. The highest BCUT2D eigenvalue weighted by Gasteiger charge is 2.29. The van der Waals surface area contributed by atoms with Crippen LogP contribution in [-0.4, -0.2) is 52.0 Å². The second-order valence-corrected chi connectivity index (χ2v) is 8.60. The van der Waals surface area contributed by atoms with Crippen LogP contribution in [0.4, 0.5) is 13.2 Å².